The minimum absolute atomic E-state index is 0.413. The van der Waals surface area contributed by atoms with Gasteiger partial charge < -0.3 is 16.2 Å². The Kier molecular flexibility index (Phi) is 3.97. The number of hydrogen-bond donors (Lipinski definition) is 3. The lowest BCUT2D eigenvalue weighted by Crippen LogP contribution is -2.16. The van der Waals surface area contributed by atoms with Crippen molar-refractivity contribution in [1.82, 2.24) is 9.97 Å². The number of nitrogens with one attached hydrogen (secondary N) is 1. The number of nitrogen functional groups attached to an aromatic ring is 1. The fraction of sp³-hybridized carbons (Fsp3) is 0.500. The van der Waals surface area contributed by atoms with Crippen LogP contribution in [0.1, 0.15) is 6.92 Å². The maximum Gasteiger partial charge on any atom is 0.191 e. The molecule has 0 aliphatic rings. The molecule has 1 rings (SSSR count). The summed E-state index contributed by atoms with van der Waals surface area (Å²) in [4.78, 5) is 8.18. The summed E-state index contributed by atoms with van der Waals surface area (Å²) in [7, 11) is 0. The van der Waals surface area contributed by atoms with E-state index in [1.54, 1.807) is 13.0 Å². The van der Waals surface area contributed by atoms with Crippen LogP contribution >= 0.6 is 11.8 Å². The third-order valence-corrected chi connectivity index (χ3v) is 2.03. The summed E-state index contributed by atoms with van der Waals surface area (Å²) in [5.74, 6) is 1.07. The second kappa shape index (κ2) is 5.02. The number of aliphatic hydroxyl groups excluding tert-OH is 1. The summed E-state index contributed by atoms with van der Waals surface area (Å²) in [6, 6.07) is 1.64. The molecular weight excluding hydrogens is 200 g/mol. The molecule has 4 N–H and O–H groups in total. The lowest BCUT2D eigenvalue weighted by atomic mass is 10.4. The van der Waals surface area contributed by atoms with E-state index >= 15 is 0 Å². The molecule has 0 spiro atoms. The first-order valence-corrected chi connectivity index (χ1v) is 5.44. The molecule has 5 nitrogen and oxygen atoms in total. The molecule has 78 valence electrons. The van der Waals surface area contributed by atoms with Gasteiger partial charge in [0.15, 0.2) is 5.16 Å². The summed E-state index contributed by atoms with van der Waals surface area (Å²) >= 11 is 1.43. The molecule has 1 aromatic rings. The van der Waals surface area contributed by atoms with Crippen LogP contribution in [0.15, 0.2) is 11.2 Å². The molecule has 14 heavy (non-hydrogen) atoms. The van der Waals surface area contributed by atoms with Gasteiger partial charge in [0.25, 0.3) is 0 Å². The smallest absolute Gasteiger partial charge is 0.191 e. The number of nitrogens with zero attached hydrogens (tertiary/aromatic N) is 2. The molecule has 0 saturated carbocycles. The summed E-state index contributed by atoms with van der Waals surface area (Å²) in [5.41, 5.74) is 5.57. The van der Waals surface area contributed by atoms with Gasteiger partial charge in [-0.05, 0) is 13.2 Å². The molecule has 0 fully saturated rings. The zero-order valence-corrected chi connectivity index (χ0v) is 9.01. The lowest BCUT2D eigenvalue weighted by molar-refractivity contribution is 0.208. The number of nitrogens with two attached hydrogens (primary N) is 1. The van der Waals surface area contributed by atoms with Crippen LogP contribution in [0.5, 0.6) is 0 Å². The minimum atomic E-state index is -0.413. The van der Waals surface area contributed by atoms with Gasteiger partial charge in [0.05, 0.1) is 6.10 Å². The summed E-state index contributed by atoms with van der Waals surface area (Å²) in [5, 5.41) is 12.7. The van der Waals surface area contributed by atoms with Crippen LogP contribution in [-0.2, 0) is 0 Å². The van der Waals surface area contributed by atoms with E-state index in [-0.39, 0.29) is 0 Å². The Hall–Kier alpha value is -1.01. The van der Waals surface area contributed by atoms with Crippen molar-refractivity contribution in [2.75, 3.05) is 23.9 Å². The Labute approximate surface area is 87.1 Å². The van der Waals surface area contributed by atoms with E-state index in [4.69, 9.17) is 10.8 Å². The van der Waals surface area contributed by atoms with E-state index < -0.39 is 6.10 Å². The van der Waals surface area contributed by atoms with Gasteiger partial charge in [0.2, 0.25) is 0 Å². The average Bonchev–Trinajstić information content (AvgIpc) is 2.14. The second-order valence-electron chi connectivity index (χ2n) is 2.89. The van der Waals surface area contributed by atoms with Crippen molar-refractivity contribution in [3.63, 3.8) is 0 Å². The SMILES string of the molecule is CSc1nc(N)cc(NCC(C)O)n1. The molecule has 0 bridgehead atoms. The van der Waals surface area contributed by atoms with Crippen LogP contribution in [0.25, 0.3) is 0 Å². The first kappa shape index (κ1) is 11.1. The number of rotatable bonds is 4. The van der Waals surface area contributed by atoms with Gasteiger partial charge in [-0.3, -0.25) is 0 Å². The molecule has 0 aliphatic heterocycles. The standard InChI is InChI=1S/C8H14N4OS/c1-5(13)4-10-7-3-6(9)11-8(12-7)14-2/h3,5,13H,4H2,1-2H3,(H3,9,10,11,12). The van der Waals surface area contributed by atoms with Crippen molar-refractivity contribution in [2.24, 2.45) is 0 Å². The topological polar surface area (TPSA) is 84.1 Å². The highest BCUT2D eigenvalue weighted by molar-refractivity contribution is 7.98. The fourth-order valence-corrected chi connectivity index (χ4v) is 1.26. The van der Waals surface area contributed by atoms with E-state index in [1.165, 1.54) is 11.8 Å². The Morgan fingerprint density at radius 1 is 1.64 bits per heavy atom. The van der Waals surface area contributed by atoms with Crippen LogP contribution in [0.2, 0.25) is 0 Å². The predicted octanol–water partition coefficient (Wildman–Crippen LogP) is 0.573. The molecule has 1 aromatic heterocycles. The Balaban J connectivity index is 2.71. The van der Waals surface area contributed by atoms with E-state index in [0.717, 1.165) is 0 Å². The zero-order valence-electron chi connectivity index (χ0n) is 8.19. The Morgan fingerprint density at radius 3 is 2.93 bits per heavy atom. The van der Waals surface area contributed by atoms with Crippen molar-refractivity contribution in [3.8, 4) is 0 Å². The summed E-state index contributed by atoms with van der Waals surface area (Å²) in [6.07, 6.45) is 1.47. The zero-order chi connectivity index (χ0) is 10.6. The molecule has 0 aromatic carbocycles. The van der Waals surface area contributed by atoms with Crippen molar-refractivity contribution in [3.05, 3.63) is 6.07 Å². The quantitative estimate of drug-likeness (QED) is 0.502. The van der Waals surface area contributed by atoms with Crippen LogP contribution in [0.3, 0.4) is 0 Å². The highest BCUT2D eigenvalue weighted by Gasteiger charge is 2.02. The number of thioether (sulfide) groups is 1. The largest absolute Gasteiger partial charge is 0.392 e. The Bertz CT molecular complexity index is 305. The highest BCUT2D eigenvalue weighted by Crippen LogP contribution is 2.14. The summed E-state index contributed by atoms with van der Waals surface area (Å²) < 4.78 is 0. The first-order valence-electron chi connectivity index (χ1n) is 4.22. The van der Waals surface area contributed by atoms with Crippen LogP contribution in [-0.4, -0.2) is 34.0 Å². The molecule has 0 radical (unpaired) electrons. The molecule has 1 atom stereocenters. The van der Waals surface area contributed by atoms with Crippen LogP contribution in [0, 0.1) is 0 Å². The normalized spacial score (nSPS) is 12.5. The van der Waals surface area contributed by atoms with E-state index in [0.29, 0.717) is 23.3 Å². The summed E-state index contributed by atoms with van der Waals surface area (Å²) in [6.45, 7) is 2.15. The van der Waals surface area contributed by atoms with Gasteiger partial charge in [0, 0.05) is 12.6 Å². The average molecular weight is 214 g/mol. The number of hydrogen-bond acceptors (Lipinski definition) is 6. The van der Waals surface area contributed by atoms with Crippen molar-refractivity contribution >= 4 is 23.4 Å². The minimum Gasteiger partial charge on any atom is -0.392 e. The van der Waals surface area contributed by atoms with Gasteiger partial charge >= 0.3 is 0 Å². The van der Waals surface area contributed by atoms with Crippen molar-refractivity contribution < 1.29 is 5.11 Å². The number of aromatic nitrogens is 2. The van der Waals surface area contributed by atoms with Gasteiger partial charge in [0.1, 0.15) is 11.6 Å². The molecule has 0 saturated heterocycles. The maximum atomic E-state index is 9.07. The number of aliphatic hydroxyl groups is 1. The molecule has 6 heteroatoms. The van der Waals surface area contributed by atoms with Gasteiger partial charge in [-0.1, -0.05) is 11.8 Å². The van der Waals surface area contributed by atoms with Crippen LogP contribution < -0.4 is 11.1 Å². The van der Waals surface area contributed by atoms with E-state index in [2.05, 4.69) is 15.3 Å². The molecule has 1 unspecified atom stereocenters. The van der Waals surface area contributed by atoms with E-state index in [9.17, 15) is 0 Å². The lowest BCUT2D eigenvalue weighted by Gasteiger charge is -2.08. The van der Waals surface area contributed by atoms with Gasteiger partial charge in [-0.2, -0.15) is 0 Å². The highest BCUT2D eigenvalue weighted by atomic mass is 32.2. The van der Waals surface area contributed by atoms with Crippen LogP contribution in [0.4, 0.5) is 11.6 Å². The third kappa shape index (κ3) is 3.39. The predicted molar refractivity (Wildman–Crippen MR) is 58.4 cm³/mol. The van der Waals surface area contributed by atoms with Gasteiger partial charge in [-0.25, -0.2) is 9.97 Å². The Morgan fingerprint density at radius 2 is 2.36 bits per heavy atom. The van der Waals surface area contributed by atoms with Gasteiger partial charge in [-0.15, -0.1) is 0 Å². The molecule has 0 amide bonds. The molecule has 0 aliphatic carbocycles. The monoisotopic (exact) mass is 214 g/mol. The van der Waals surface area contributed by atoms with Crippen molar-refractivity contribution in [1.29, 1.82) is 0 Å². The third-order valence-electron chi connectivity index (χ3n) is 1.49. The number of anilines is 2. The molecule has 1 heterocycles. The first-order chi connectivity index (χ1) is 6.61. The fourth-order valence-electron chi connectivity index (χ4n) is 0.877. The maximum absolute atomic E-state index is 9.07. The van der Waals surface area contributed by atoms with E-state index in [1.807, 2.05) is 6.26 Å². The molecular formula is C8H14N4OS. The van der Waals surface area contributed by atoms with Crippen molar-refractivity contribution in [2.45, 2.75) is 18.2 Å². The second-order valence-corrected chi connectivity index (χ2v) is 3.67.